The summed E-state index contributed by atoms with van der Waals surface area (Å²) in [5.41, 5.74) is -0.601. The lowest BCUT2D eigenvalue weighted by Gasteiger charge is -2.19. The van der Waals surface area contributed by atoms with Crippen LogP contribution in [0.15, 0.2) is 22.7 Å². The predicted molar refractivity (Wildman–Crippen MR) is 61.1 cm³/mol. The van der Waals surface area contributed by atoms with Crippen LogP contribution in [0.4, 0.5) is 13.2 Å². The Hall–Kier alpha value is -0.310. The van der Waals surface area contributed by atoms with Crippen LogP contribution in [0.1, 0.15) is 10.8 Å². The lowest BCUT2D eigenvalue weighted by molar-refractivity contribution is -0.131. The van der Waals surface area contributed by atoms with Crippen LogP contribution in [0, 0.1) is 0 Å². The number of hydrogen-bond donors (Lipinski definition) is 1. The molecule has 0 saturated heterocycles. The van der Waals surface area contributed by atoms with Crippen molar-refractivity contribution in [3.63, 3.8) is 0 Å². The molecule has 9 heteroatoms. The predicted octanol–water partition coefficient (Wildman–Crippen LogP) is 2.99. The zero-order valence-corrected chi connectivity index (χ0v) is 11.2. The van der Waals surface area contributed by atoms with Crippen LogP contribution in [-0.4, -0.2) is 14.6 Å². The van der Waals surface area contributed by atoms with E-state index in [1.54, 1.807) is 0 Å². The van der Waals surface area contributed by atoms with Crippen LogP contribution in [0.2, 0.25) is 5.02 Å². The Balaban J connectivity index is 3.49. The van der Waals surface area contributed by atoms with Gasteiger partial charge in [0, 0.05) is 15.1 Å². The van der Waals surface area contributed by atoms with Gasteiger partial charge in [0.15, 0.2) is 5.25 Å². The topological polar surface area (TPSA) is 60.2 Å². The fourth-order valence-corrected chi connectivity index (χ4v) is 2.85. The van der Waals surface area contributed by atoms with Crippen molar-refractivity contribution < 1.29 is 21.6 Å². The van der Waals surface area contributed by atoms with Crippen molar-refractivity contribution in [3.8, 4) is 0 Å². The smallest absolute Gasteiger partial charge is 0.228 e. The first kappa shape index (κ1) is 14.7. The van der Waals surface area contributed by atoms with Gasteiger partial charge in [-0.05, 0) is 18.2 Å². The number of primary sulfonamides is 1. The van der Waals surface area contributed by atoms with Crippen LogP contribution in [0.25, 0.3) is 0 Å². The molecule has 0 aliphatic rings. The second kappa shape index (κ2) is 4.75. The summed E-state index contributed by atoms with van der Waals surface area (Å²) in [5, 5.41) is 1.45. The van der Waals surface area contributed by atoms with E-state index < -0.39 is 27.0 Å². The number of benzene rings is 1. The van der Waals surface area contributed by atoms with Gasteiger partial charge in [0.2, 0.25) is 10.0 Å². The van der Waals surface area contributed by atoms with E-state index in [-0.39, 0.29) is 9.50 Å². The Morgan fingerprint density at radius 1 is 1.35 bits per heavy atom. The average Bonchev–Trinajstić information content (AvgIpc) is 2.06. The van der Waals surface area contributed by atoms with Crippen LogP contribution >= 0.6 is 27.5 Å². The highest BCUT2D eigenvalue weighted by Crippen LogP contribution is 2.41. The number of sulfonamides is 1. The monoisotopic (exact) mass is 351 g/mol. The summed E-state index contributed by atoms with van der Waals surface area (Å²) in [6.45, 7) is 0. The van der Waals surface area contributed by atoms with Gasteiger partial charge >= 0.3 is 6.18 Å². The standard InChI is InChI=1S/C8H6BrClF3NO2S/c9-4-1-2-6(10)5(3-4)7(8(11,12)13)17(14,15)16/h1-3,7H,(H2,14,15,16). The second-order valence-corrected chi connectivity index (χ2v) is 6.15. The molecular weight excluding hydrogens is 347 g/mol. The largest absolute Gasteiger partial charge is 0.410 e. The van der Waals surface area contributed by atoms with E-state index in [0.717, 1.165) is 12.1 Å². The highest BCUT2D eigenvalue weighted by Gasteiger charge is 2.49. The number of nitrogens with two attached hydrogens (primary N) is 1. The van der Waals surface area contributed by atoms with E-state index in [9.17, 15) is 21.6 Å². The van der Waals surface area contributed by atoms with Gasteiger partial charge < -0.3 is 0 Å². The molecule has 1 rings (SSSR count). The van der Waals surface area contributed by atoms with E-state index in [1.807, 2.05) is 0 Å². The summed E-state index contributed by atoms with van der Waals surface area (Å²) in [5.74, 6) is 0. The molecule has 0 aromatic heterocycles. The molecule has 1 aromatic rings. The van der Waals surface area contributed by atoms with Crippen molar-refractivity contribution in [1.82, 2.24) is 0 Å². The van der Waals surface area contributed by atoms with Gasteiger partial charge in [0.05, 0.1) is 0 Å². The van der Waals surface area contributed by atoms with Gasteiger partial charge in [-0.15, -0.1) is 0 Å². The summed E-state index contributed by atoms with van der Waals surface area (Å²) < 4.78 is 60.4. The molecule has 0 aliphatic carbocycles. The van der Waals surface area contributed by atoms with E-state index in [2.05, 4.69) is 21.1 Å². The molecule has 96 valence electrons. The first-order valence-electron chi connectivity index (χ1n) is 4.07. The van der Waals surface area contributed by atoms with Gasteiger partial charge in [-0.2, -0.15) is 13.2 Å². The minimum atomic E-state index is -5.03. The Kier molecular flexibility index (Phi) is 4.12. The normalized spacial score (nSPS) is 14.7. The summed E-state index contributed by atoms with van der Waals surface area (Å²) in [7, 11) is -4.85. The maximum Gasteiger partial charge on any atom is 0.410 e. The number of alkyl halides is 3. The molecule has 0 spiro atoms. The minimum absolute atomic E-state index is 0.273. The van der Waals surface area contributed by atoms with Crippen molar-refractivity contribution in [1.29, 1.82) is 0 Å². The van der Waals surface area contributed by atoms with E-state index in [0.29, 0.717) is 0 Å². The van der Waals surface area contributed by atoms with Crippen LogP contribution in [0.5, 0.6) is 0 Å². The first-order chi connectivity index (χ1) is 7.53. The molecule has 2 N–H and O–H groups in total. The third-order valence-electron chi connectivity index (χ3n) is 1.87. The lowest BCUT2D eigenvalue weighted by atomic mass is 10.1. The molecule has 17 heavy (non-hydrogen) atoms. The molecule has 1 aromatic carbocycles. The molecular formula is C8H6BrClF3NO2S. The molecule has 0 saturated carbocycles. The molecule has 0 radical (unpaired) electrons. The van der Waals surface area contributed by atoms with Gasteiger partial charge in [-0.1, -0.05) is 27.5 Å². The fourth-order valence-electron chi connectivity index (χ4n) is 1.26. The van der Waals surface area contributed by atoms with E-state index in [1.165, 1.54) is 6.07 Å². The summed E-state index contributed by atoms with van der Waals surface area (Å²) in [6, 6.07) is 3.53. The Morgan fingerprint density at radius 2 is 1.88 bits per heavy atom. The Labute approximate surface area is 109 Å². The van der Waals surface area contributed by atoms with Gasteiger partial charge in [-0.25, -0.2) is 13.6 Å². The maximum atomic E-state index is 12.7. The Bertz CT molecular complexity index is 532. The molecule has 0 fully saturated rings. The van der Waals surface area contributed by atoms with Crippen LogP contribution < -0.4 is 5.14 Å². The zero-order valence-electron chi connectivity index (χ0n) is 8.00. The van der Waals surface area contributed by atoms with E-state index in [4.69, 9.17) is 11.6 Å². The minimum Gasteiger partial charge on any atom is -0.228 e. The molecule has 3 nitrogen and oxygen atoms in total. The van der Waals surface area contributed by atoms with E-state index >= 15 is 0 Å². The molecule has 0 bridgehead atoms. The third kappa shape index (κ3) is 3.57. The quantitative estimate of drug-likeness (QED) is 0.889. The average molecular weight is 353 g/mol. The van der Waals surface area contributed by atoms with Crippen molar-refractivity contribution >= 4 is 37.6 Å². The third-order valence-corrected chi connectivity index (χ3v) is 3.88. The van der Waals surface area contributed by atoms with Gasteiger partial charge in [0.25, 0.3) is 0 Å². The van der Waals surface area contributed by atoms with Crippen LogP contribution in [0.3, 0.4) is 0 Å². The summed E-state index contributed by atoms with van der Waals surface area (Å²) in [4.78, 5) is 0. The van der Waals surface area contributed by atoms with Gasteiger partial charge in [0.1, 0.15) is 0 Å². The van der Waals surface area contributed by atoms with Crippen LogP contribution in [-0.2, 0) is 10.0 Å². The second-order valence-electron chi connectivity index (χ2n) is 3.18. The van der Waals surface area contributed by atoms with Crippen molar-refractivity contribution in [2.45, 2.75) is 11.4 Å². The summed E-state index contributed by atoms with van der Waals surface area (Å²) in [6.07, 6.45) is -5.03. The zero-order chi connectivity index (χ0) is 13.4. The molecule has 0 amide bonds. The molecule has 1 unspecified atom stereocenters. The maximum absolute atomic E-state index is 12.7. The summed E-state index contributed by atoms with van der Waals surface area (Å²) >= 11 is 8.50. The molecule has 1 atom stereocenters. The lowest BCUT2D eigenvalue weighted by Crippen LogP contribution is -2.33. The van der Waals surface area contributed by atoms with Crippen molar-refractivity contribution in [2.24, 2.45) is 5.14 Å². The highest BCUT2D eigenvalue weighted by molar-refractivity contribution is 9.10. The molecule has 0 aliphatic heterocycles. The number of rotatable bonds is 2. The van der Waals surface area contributed by atoms with Crippen molar-refractivity contribution in [3.05, 3.63) is 33.3 Å². The molecule has 0 heterocycles. The first-order valence-corrected chi connectivity index (χ1v) is 6.85. The SMILES string of the molecule is NS(=O)(=O)C(c1cc(Br)ccc1Cl)C(F)(F)F. The number of halogens is 5. The Morgan fingerprint density at radius 3 is 2.29 bits per heavy atom. The number of hydrogen-bond acceptors (Lipinski definition) is 2. The fraction of sp³-hybridized carbons (Fsp3) is 0.250. The van der Waals surface area contributed by atoms with Crippen molar-refractivity contribution in [2.75, 3.05) is 0 Å². The highest BCUT2D eigenvalue weighted by atomic mass is 79.9. The van der Waals surface area contributed by atoms with Gasteiger partial charge in [-0.3, -0.25) is 0 Å².